The van der Waals surface area contributed by atoms with Crippen molar-refractivity contribution in [1.29, 1.82) is 0 Å². The third-order valence-electron chi connectivity index (χ3n) is 3.52. The number of likely N-dealkylation sites (tertiary alicyclic amines) is 1. The van der Waals surface area contributed by atoms with Gasteiger partial charge >= 0.3 is 0 Å². The summed E-state index contributed by atoms with van der Waals surface area (Å²) in [6, 6.07) is 0. The van der Waals surface area contributed by atoms with Crippen molar-refractivity contribution in [3.63, 3.8) is 0 Å². The van der Waals surface area contributed by atoms with E-state index in [4.69, 9.17) is 5.73 Å². The van der Waals surface area contributed by atoms with Crippen LogP contribution in [0.2, 0.25) is 0 Å². The zero-order valence-electron chi connectivity index (χ0n) is 11.5. The van der Waals surface area contributed by atoms with Crippen molar-refractivity contribution < 1.29 is 0 Å². The Bertz CT molecular complexity index is 514. The molecule has 6 heteroatoms. The van der Waals surface area contributed by atoms with Crippen LogP contribution in [0.4, 0.5) is 0 Å². The Labute approximate surface area is 112 Å². The van der Waals surface area contributed by atoms with Crippen molar-refractivity contribution >= 4 is 5.96 Å². The van der Waals surface area contributed by atoms with Gasteiger partial charge in [0.15, 0.2) is 5.96 Å². The number of aromatic amines is 1. The first kappa shape index (κ1) is 13.6. The molecule has 0 amide bonds. The van der Waals surface area contributed by atoms with Crippen molar-refractivity contribution in [1.82, 2.24) is 14.9 Å². The van der Waals surface area contributed by atoms with Crippen LogP contribution in [-0.4, -0.2) is 33.9 Å². The molecule has 0 saturated carbocycles. The SMILES string of the molecule is Cc1ncc(CN=C(N)N2CCC(C)CC2)c(=O)[nH]1. The summed E-state index contributed by atoms with van der Waals surface area (Å²) in [6.45, 7) is 6.17. The van der Waals surface area contributed by atoms with Gasteiger partial charge < -0.3 is 15.6 Å². The average molecular weight is 263 g/mol. The maximum atomic E-state index is 11.7. The van der Waals surface area contributed by atoms with Gasteiger partial charge in [0, 0.05) is 19.3 Å². The second kappa shape index (κ2) is 5.86. The Kier molecular flexibility index (Phi) is 4.19. The van der Waals surface area contributed by atoms with Gasteiger partial charge in [-0.25, -0.2) is 9.98 Å². The normalized spacial score (nSPS) is 17.8. The summed E-state index contributed by atoms with van der Waals surface area (Å²) in [7, 11) is 0. The highest BCUT2D eigenvalue weighted by atomic mass is 16.1. The largest absolute Gasteiger partial charge is 0.370 e. The van der Waals surface area contributed by atoms with Crippen LogP contribution in [0.5, 0.6) is 0 Å². The fourth-order valence-electron chi connectivity index (χ4n) is 2.13. The van der Waals surface area contributed by atoms with E-state index in [1.807, 2.05) is 0 Å². The number of aromatic nitrogens is 2. The van der Waals surface area contributed by atoms with Crippen LogP contribution < -0.4 is 11.3 Å². The molecule has 0 bridgehead atoms. The first-order valence-corrected chi connectivity index (χ1v) is 6.66. The lowest BCUT2D eigenvalue weighted by molar-refractivity contribution is 0.277. The standard InChI is InChI=1S/C13H21N5O/c1-9-3-5-18(6-4-9)13(14)16-8-11-7-15-10(2)17-12(11)19/h7,9H,3-6,8H2,1-2H3,(H2,14,16)(H,15,17,19). The van der Waals surface area contributed by atoms with E-state index >= 15 is 0 Å². The van der Waals surface area contributed by atoms with Gasteiger partial charge in [0.25, 0.3) is 5.56 Å². The molecule has 0 spiro atoms. The molecule has 1 aliphatic rings. The Morgan fingerprint density at radius 1 is 1.58 bits per heavy atom. The van der Waals surface area contributed by atoms with E-state index in [9.17, 15) is 4.79 Å². The number of nitrogens with zero attached hydrogens (tertiary/aromatic N) is 3. The van der Waals surface area contributed by atoms with Crippen molar-refractivity contribution in [2.45, 2.75) is 33.2 Å². The van der Waals surface area contributed by atoms with Crippen molar-refractivity contribution in [2.75, 3.05) is 13.1 Å². The summed E-state index contributed by atoms with van der Waals surface area (Å²) in [4.78, 5) is 24.7. The average Bonchev–Trinajstić information content (AvgIpc) is 2.38. The van der Waals surface area contributed by atoms with E-state index in [0.717, 1.165) is 31.8 Å². The van der Waals surface area contributed by atoms with E-state index in [1.165, 1.54) is 0 Å². The minimum Gasteiger partial charge on any atom is -0.370 e. The van der Waals surface area contributed by atoms with Gasteiger partial charge in [-0.2, -0.15) is 0 Å². The second-order valence-corrected chi connectivity index (χ2v) is 5.17. The summed E-state index contributed by atoms with van der Waals surface area (Å²) in [5.74, 6) is 1.88. The molecule has 3 N–H and O–H groups in total. The van der Waals surface area contributed by atoms with Crippen molar-refractivity contribution in [2.24, 2.45) is 16.6 Å². The summed E-state index contributed by atoms with van der Waals surface area (Å²) in [6.07, 6.45) is 3.84. The monoisotopic (exact) mass is 263 g/mol. The fourth-order valence-corrected chi connectivity index (χ4v) is 2.13. The summed E-state index contributed by atoms with van der Waals surface area (Å²) < 4.78 is 0. The molecule has 1 saturated heterocycles. The number of aryl methyl sites for hydroxylation is 1. The van der Waals surface area contributed by atoms with Crippen LogP contribution in [0.15, 0.2) is 16.0 Å². The zero-order valence-corrected chi connectivity index (χ0v) is 11.5. The number of aliphatic imine (C=N–C) groups is 1. The van der Waals surface area contributed by atoms with Gasteiger partial charge in [-0.15, -0.1) is 0 Å². The molecular formula is C13H21N5O. The lowest BCUT2D eigenvalue weighted by atomic mass is 10.00. The third kappa shape index (κ3) is 3.56. The van der Waals surface area contributed by atoms with E-state index in [1.54, 1.807) is 13.1 Å². The number of guanidine groups is 1. The summed E-state index contributed by atoms with van der Waals surface area (Å²) >= 11 is 0. The predicted molar refractivity (Wildman–Crippen MR) is 74.9 cm³/mol. The molecule has 0 aliphatic carbocycles. The lowest BCUT2D eigenvalue weighted by Crippen LogP contribution is -2.42. The number of rotatable bonds is 2. The Morgan fingerprint density at radius 3 is 2.89 bits per heavy atom. The number of nitrogens with one attached hydrogen (secondary N) is 1. The molecule has 0 aromatic carbocycles. The quantitative estimate of drug-likeness (QED) is 0.605. The topological polar surface area (TPSA) is 87.4 Å². The lowest BCUT2D eigenvalue weighted by Gasteiger charge is -2.30. The molecule has 1 aliphatic heterocycles. The highest BCUT2D eigenvalue weighted by molar-refractivity contribution is 5.78. The third-order valence-corrected chi connectivity index (χ3v) is 3.52. The molecular weight excluding hydrogens is 242 g/mol. The summed E-state index contributed by atoms with van der Waals surface area (Å²) in [5.41, 5.74) is 6.36. The first-order valence-electron chi connectivity index (χ1n) is 6.66. The van der Waals surface area contributed by atoms with Crippen LogP contribution >= 0.6 is 0 Å². The molecule has 1 fully saturated rings. The maximum absolute atomic E-state index is 11.7. The molecule has 1 aromatic heterocycles. The Hall–Kier alpha value is -1.85. The van der Waals surface area contributed by atoms with Crippen LogP contribution in [0.3, 0.4) is 0 Å². The van der Waals surface area contributed by atoms with Gasteiger partial charge in [-0.05, 0) is 25.7 Å². The molecule has 104 valence electrons. The summed E-state index contributed by atoms with van der Waals surface area (Å²) in [5, 5.41) is 0. The molecule has 0 unspecified atom stereocenters. The van der Waals surface area contributed by atoms with Gasteiger partial charge in [-0.3, -0.25) is 4.79 Å². The molecule has 0 radical (unpaired) electrons. The molecule has 1 aromatic rings. The van der Waals surface area contributed by atoms with Crippen LogP contribution in [0.25, 0.3) is 0 Å². The minimum atomic E-state index is -0.142. The van der Waals surface area contributed by atoms with Crippen LogP contribution in [0.1, 0.15) is 31.2 Å². The van der Waals surface area contributed by atoms with Gasteiger partial charge in [0.1, 0.15) is 5.82 Å². The predicted octanol–water partition coefficient (Wildman–Crippen LogP) is 0.625. The molecule has 19 heavy (non-hydrogen) atoms. The van der Waals surface area contributed by atoms with Crippen molar-refractivity contribution in [3.05, 3.63) is 27.9 Å². The fraction of sp³-hybridized carbons (Fsp3) is 0.615. The second-order valence-electron chi connectivity index (χ2n) is 5.17. The van der Waals surface area contributed by atoms with Crippen molar-refractivity contribution in [3.8, 4) is 0 Å². The smallest absolute Gasteiger partial charge is 0.255 e. The Balaban J connectivity index is 1.99. The van der Waals surface area contributed by atoms with E-state index in [0.29, 0.717) is 17.3 Å². The highest BCUT2D eigenvalue weighted by Crippen LogP contribution is 2.15. The molecule has 2 rings (SSSR count). The number of piperidine rings is 1. The molecule has 2 heterocycles. The van der Waals surface area contributed by atoms with Crippen LogP contribution in [0, 0.1) is 12.8 Å². The Morgan fingerprint density at radius 2 is 2.26 bits per heavy atom. The van der Waals surface area contributed by atoms with Gasteiger partial charge in [-0.1, -0.05) is 6.92 Å². The molecule has 0 atom stereocenters. The number of hydrogen-bond acceptors (Lipinski definition) is 3. The van der Waals surface area contributed by atoms with E-state index in [2.05, 4.69) is 26.8 Å². The first-order chi connectivity index (χ1) is 9.06. The number of nitrogens with two attached hydrogens (primary N) is 1. The van der Waals surface area contributed by atoms with E-state index < -0.39 is 0 Å². The van der Waals surface area contributed by atoms with Gasteiger partial charge in [0.2, 0.25) is 0 Å². The number of hydrogen-bond donors (Lipinski definition) is 2. The zero-order chi connectivity index (χ0) is 13.8. The number of H-pyrrole nitrogens is 1. The minimum absolute atomic E-state index is 0.142. The maximum Gasteiger partial charge on any atom is 0.255 e. The highest BCUT2D eigenvalue weighted by Gasteiger charge is 2.16. The van der Waals surface area contributed by atoms with Gasteiger partial charge in [0.05, 0.1) is 12.1 Å². The van der Waals surface area contributed by atoms with E-state index in [-0.39, 0.29) is 12.1 Å². The molecule has 6 nitrogen and oxygen atoms in total. The van der Waals surface area contributed by atoms with Crippen LogP contribution in [-0.2, 0) is 6.54 Å².